The van der Waals surface area contributed by atoms with Crippen LogP contribution in [-0.4, -0.2) is 46.6 Å². The first-order chi connectivity index (χ1) is 10.6. The third-order valence-corrected chi connectivity index (χ3v) is 4.84. The van der Waals surface area contributed by atoms with Crippen LogP contribution in [0, 0.1) is 17.8 Å². The summed E-state index contributed by atoms with van der Waals surface area (Å²) in [4.78, 5) is 36.1. The second kappa shape index (κ2) is 7.36. The quantitative estimate of drug-likeness (QED) is 0.559. The van der Waals surface area contributed by atoms with Crippen LogP contribution < -0.4 is 0 Å². The maximum atomic E-state index is 12.1. The van der Waals surface area contributed by atoms with E-state index in [9.17, 15) is 24.6 Å². The number of carbonyl (C=O) groups is 3. The van der Waals surface area contributed by atoms with E-state index < -0.39 is 35.4 Å². The molecule has 1 rings (SSSR count). The molecule has 0 saturated heterocycles. The van der Waals surface area contributed by atoms with Crippen LogP contribution in [0.15, 0.2) is 11.6 Å². The molecule has 1 aliphatic rings. The van der Waals surface area contributed by atoms with Crippen LogP contribution in [0.5, 0.6) is 0 Å². The minimum atomic E-state index is -1.71. The fraction of sp³-hybridized carbons (Fsp3) is 0.706. The van der Waals surface area contributed by atoms with Crippen LogP contribution in [0.25, 0.3) is 0 Å². The molecular formula is C17H26O6. The molecule has 0 amide bonds. The number of ether oxygens (including phenoxy) is 1. The maximum Gasteiger partial charge on any atom is 0.333 e. The number of allylic oxidation sites excluding steroid dienone is 1. The molecule has 0 bridgehead atoms. The van der Waals surface area contributed by atoms with Crippen LogP contribution in [0.2, 0.25) is 0 Å². The summed E-state index contributed by atoms with van der Waals surface area (Å²) >= 11 is 0. The van der Waals surface area contributed by atoms with Gasteiger partial charge in [0.1, 0.15) is 11.6 Å². The monoisotopic (exact) mass is 326 g/mol. The zero-order chi connectivity index (χ0) is 17.9. The number of esters is 1. The Balaban J connectivity index is 3.42. The first-order valence-corrected chi connectivity index (χ1v) is 7.80. The van der Waals surface area contributed by atoms with Gasteiger partial charge in [0.25, 0.3) is 0 Å². The van der Waals surface area contributed by atoms with Crippen molar-refractivity contribution in [2.75, 3.05) is 7.11 Å². The van der Waals surface area contributed by atoms with Gasteiger partial charge in [-0.25, -0.2) is 4.79 Å². The Hall–Kier alpha value is -1.53. The van der Waals surface area contributed by atoms with Crippen LogP contribution in [0.4, 0.5) is 0 Å². The standard InChI is InChI=1S/C17H26O6/c1-6-10(19)8-12-13(11(7-2)16(21)23-5)14(9(3)18)17(4,22)15(12)20/h7,12-15,20,22H,6,8H2,1-5H3/b11-7+/t12-,13-,14-,15-,17+/m0/s1. The molecule has 23 heavy (non-hydrogen) atoms. The molecule has 5 atom stereocenters. The van der Waals surface area contributed by atoms with E-state index in [1.54, 1.807) is 13.8 Å². The summed E-state index contributed by atoms with van der Waals surface area (Å²) in [6.45, 7) is 6.02. The van der Waals surface area contributed by atoms with Gasteiger partial charge in [0, 0.05) is 30.3 Å². The molecule has 0 unspecified atom stereocenters. The summed E-state index contributed by atoms with van der Waals surface area (Å²) in [5, 5.41) is 21.2. The number of hydrogen-bond donors (Lipinski definition) is 2. The summed E-state index contributed by atoms with van der Waals surface area (Å²) in [6.07, 6.45) is 0.517. The van der Waals surface area contributed by atoms with Gasteiger partial charge in [0.05, 0.1) is 24.7 Å². The molecule has 0 heterocycles. The number of aliphatic hydroxyl groups excluding tert-OH is 1. The number of ketones is 2. The predicted octanol–water partition coefficient (Wildman–Crippen LogP) is 1.04. The second-order valence-electron chi connectivity index (χ2n) is 6.28. The van der Waals surface area contributed by atoms with Gasteiger partial charge in [-0.15, -0.1) is 0 Å². The van der Waals surface area contributed by atoms with Gasteiger partial charge >= 0.3 is 5.97 Å². The Morgan fingerprint density at radius 3 is 2.26 bits per heavy atom. The minimum absolute atomic E-state index is 0.00338. The van der Waals surface area contributed by atoms with Gasteiger partial charge in [0.15, 0.2) is 0 Å². The van der Waals surface area contributed by atoms with E-state index in [1.165, 1.54) is 27.0 Å². The highest BCUT2D eigenvalue weighted by atomic mass is 16.5. The zero-order valence-electron chi connectivity index (χ0n) is 14.3. The van der Waals surface area contributed by atoms with Crippen molar-refractivity contribution in [2.24, 2.45) is 17.8 Å². The first kappa shape index (κ1) is 19.5. The smallest absolute Gasteiger partial charge is 0.333 e. The molecule has 1 fully saturated rings. The van der Waals surface area contributed by atoms with Crippen molar-refractivity contribution in [2.45, 2.75) is 52.2 Å². The van der Waals surface area contributed by atoms with E-state index in [2.05, 4.69) is 0 Å². The highest BCUT2D eigenvalue weighted by Gasteiger charge is 2.60. The Morgan fingerprint density at radius 2 is 1.87 bits per heavy atom. The summed E-state index contributed by atoms with van der Waals surface area (Å²) in [5.41, 5.74) is -1.50. The van der Waals surface area contributed by atoms with Gasteiger partial charge in [-0.3, -0.25) is 9.59 Å². The zero-order valence-corrected chi connectivity index (χ0v) is 14.3. The molecule has 0 aliphatic heterocycles. The van der Waals surface area contributed by atoms with Crippen molar-refractivity contribution in [3.63, 3.8) is 0 Å². The lowest BCUT2D eigenvalue weighted by molar-refractivity contribution is -0.138. The Bertz CT molecular complexity index is 519. The van der Waals surface area contributed by atoms with Crippen LogP contribution in [-0.2, 0) is 19.1 Å². The minimum Gasteiger partial charge on any atom is -0.466 e. The molecule has 6 heteroatoms. The second-order valence-corrected chi connectivity index (χ2v) is 6.28. The van der Waals surface area contributed by atoms with E-state index in [0.29, 0.717) is 0 Å². The molecule has 0 aromatic carbocycles. The van der Waals surface area contributed by atoms with Gasteiger partial charge in [0.2, 0.25) is 0 Å². The van der Waals surface area contributed by atoms with Crippen molar-refractivity contribution < 1.29 is 29.3 Å². The van der Waals surface area contributed by atoms with Crippen LogP contribution in [0.1, 0.15) is 40.5 Å². The lowest BCUT2D eigenvalue weighted by Crippen LogP contribution is -2.44. The molecule has 0 aromatic rings. The van der Waals surface area contributed by atoms with Gasteiger partial charge in [-0.05, 0) is 20.8 Å². The van der Waals surface area contributed by atoms with Crippen molar-refractivity contribution in [1.82, 2.24) is 0 Å². The predicted molar refractivity (Wildman–Crippen MR) is 83.5 cm³/mol. The average Bonchev–Trinajstić information content (AvgIpc) is 2.68. The molecule has 130 valence electrons. The highest BCUT2D eigenvalue weighted by molar-refractivity contribution is 5.92. The topological polar surface area (TPSA) is 101 Å². The number of aliphatic hydroxyl groups is 2. The normalized spacial score (nSPS) is 34.3. The van der Waals surface area contributed by atoms with Crippen molar-refractivity contribution >= 4 is 17.5 Å². The lowest BCUT2D eigenvalue weighted by atomic mass is 9.77. The molecular weight excluding hydrogens is 300 g/mol. The molecule has 1 aliphatic carbocycles. The number of rotatable bonds is 6. The largest absolute Gasteiger partial charge is 0.466 e. The summed E-state index contributed by atoms with van der Waals surface area (Å²) in [5.74, 6) is -3.50. The van der Waals surface area contributed by atoms with Crippen molar-refractivity contribution in [3.05, 3.63) is 11.6 Å². The number of carbonyl (C=O) groups excluding carboxylic acids is 3. The average molecular weight is 326 g/mol. The maximum absolute atomic E-state index is 12.1. The summed E-state index contributed by atoms with van der Waals surface area (Å²) in [7, 11) is 1.23. The number of hydrogen-bond acceptors (Lipinski definition) is 6. The summed E-state index contributed by atoms with van der Waals surface area (Å²) in [6, 6.07) is 0. The van der Waals surface area contributed by atoms with E-state index >= 15 is 0 Å². The van der Waals surface area contributed by atoms with Crippen LogP contribution >= 0.6 is 0 Å². The van der Waals surface area contributed by atoms with Crippen molar-refractivity contribution in [1.29, 1.82) is 0 Å². The van der Waals surface area contributed by atoms with E-state index in [0.717, 1.165) is 0 Å². The molecule has 0 radical (unpaired) electrons. The van der Waals surface area contributed by atoms with E-state index in [1.807, 2.05) is 0 Å². The molecule has 6 nitrogen and oxygen atoms in total. The Kier molecular flexibility index (Phi) is 6.25. The lowest BCUT2D eigenvalue weighted by Gasteiger charge is -2.29. The Labute approximate surface area is 136 Å². The highest BCUT2D eigenvalue weighted by Crippen LogP contribution is 2.50. The molecule has 2 N–H and O–H groups in total. The molecule has 0 aromatic heterocycles. The fourth-order valence-corrected chi connectivity index (χ4v) is 3.71. The van der Waals surface area contributed by atoms with E-state index in [4.69, 9.17) is 4.74 Å². The molecule has 1 saturated carbocycles. The van der Waals surface area contributed by atoms with Crippen molar-refractivity contribution in [3.8, 4) is 0 Å². The fourth-order valence-electron chi connectivity index (χ4n) is 3.71. The van der Waals surface area contributed by atoms with E-state index in [-0.39, 0.29) is 30.0 Å². The SMILES string of the molecule is C/C=C(/C(=O)OC)[C@H]1[C@H](CC(=O)CC)[C@H](O)[C@](C)(O)[C@H]1C(C)=O. The number of methoxy groups -OCH3 is 1. The molecule has 0 spiro atoms. The first-order valence-electron chi connectivity index (χ1n) is 7.80. The van der Waals surface area contributed by atoms with Gasteiger partial charge in [-0.2, -0.15) is 0 Å². The summed E-state index contributed by atoms with van der Waals surface area (Å²) < 4.78 is 4.76. The Morgan fingerprint density at radius 1 is 1.30 bits per heavy atom. The van der Waals surface area contributed by atoms with Gasteiger partial charge in [-0.1, -0.05) is 13.0 Å². The number of Topliss-reactive ketones (excluding diaryl/α,β-unsaturated/α-hetero) is 2. The van der Waals surface area contributed by atoms with Crippen LogP contribution in [0.3, 0.4) is 0 Å². The third-order valence-electron chi connectivity index (χ3n) is 4.84. The third kappa shape index (κ3) is 3.53. The van der Waals surface area contributed by atoms with Gasteiger partial charge < -0.3 is 14.9 Å².